The number of fused-ring (bicyclic) bond motifs is 1. The Bertz CT molecular complexity index is 485. The number of benzene rings is 1. The van der Waals surface area contributed by atoms with Gasteiger partial charge in [-0.15, -0.1) is 12.4 Å². The summed E-state index contributed by atoms with van der Waals surface area (Å²) >= 11 is 0. The van der Waals surface area contributed by atoms with Gasteiger partial charge in [-0.2, -0.15) is 0 Å². The number of hydrogen-bond donors (Lipinski definition) is 2. The van der Waals surface area contributed by atoms with Gasteiger partial charge in [0.2, 0.25) is 0 Å². The van der Waals surface area contributed by atoms with Crippen LogP contribution in [0, 0.1) is 0 Å². The molecule has 0 spiro atoms. The van der Waals surface area contributed by atoms with E-state index in [-0.39, 0.29) is 30.1 Å². The first-order valence-corrected chi connectivity index (χ1v) is 7.07. The minimum absolute atomic E-state index is 0. The average Bonchev–Trinajstić information content (AvgIpc) is 2.39. The summed E-state index contributed by atoms with van der Waals surface area (Å²) < 4.78 is 10.9. The molecule has 2 N–H and O–H groups in total. The van der Waals surface area contributed by atoms with Gasteiger partial charge in [0.1, 0.15) is 0 Å². The second-order valence-corrected chi connectivity index (χ2v) is 6.35. The Balaban J connectivity index is 0.00000220. The highest BCUT2D eigenvalue weighted by Gasteiger charge is 2.33. The molecule has 0 fully saturated rings. The second-order valence-electron chi connectivity index (χ2n) is 6.35. The van der Waals surface area contributed by atoms with E-state index < -0.39 is 0 Å². The number of aliphatic hydroxyl groups excluding tert-OH is 1. The van der Waals surface area contributed by atoms with Crippen LogP contribution in [0.15, 0.2) is 12.1 Å². The van der Waals surface area contributed by atoms with Gasteiger partial charge < -0.3 is 19.9 Å². The van der Waals surface area contributed by atoms with Gasteiger partial charge in [0.25, 0.3) is 0 Å². The topological polar surface area (TPSA) is 50.7 Å². The standard InChI is InChI=1S/C16H25NO3.ClH/c1-16(2,3)17-14-10-7-9-13(19-4)15(20-5)11(10)6-8-12(14)18;/h7,9,12,14,17-18H,6,8H2,1-5H3;1H. The van der Waals surface area contributed by atoms with Crippen molar-refractivity contribution in [2.45, 2.75) is 51.3 Å². The second kappa shape index (κ2) is 6.86. The monoisotopic (exact) mass is 315 g/mol. The number of hydrogen-bond acceptors (Lipinski definition) is 4. The number of halogens is 1. The van der Waals surface area contributed by atoms with E-state index in [4.69, 9.17) is 9.47 Å². The molecule has 2 atom stereocenters. The van der Waals surface area contributed by atoms with Crippen molar-refractivity contribution >= 4 is 12.4 Å². The lowest BCUT2D eigenvalue weighted by Crippen LogP contribution is -2.45. The van der Waals surface area contributed by atoms with E-state index in [1.54, 1.807) is 14.2 Å². The summed E-state index contributed by atoms with van der Waals surface area (Å²) in [6.45, 7) is 6.32. The molecule has 2 unspecified atom stereocenters. The zero-order valence-electron chi connectivity index (χ0n) is 13.4. The number of rotatable bonds is 3. The van der Waals surface area contributed by atoms with Gasteiger partial charge in [0.05, 0.1) is 26.4 Å². The Labute approximate surface area is 133 Å². The van der Waals surface area contributed by atoms with Gasteiger partial charge in [-0.25, -0.2) is 0 Å². The van der Waals surface area contributed by atoms with E-state index in [2.05, 4.69) is 26.1 Å². The van der Waals surface area contributed by atoms with Gasteiger partial charge >= 0.3 is 0 Å². The minimum Gasteiger partial charge on any atom is -0.493 e. The number of ether oxygens (including phenoxy) is 2. The predicted octanol–water partition coefficient (Wildman–Crippen LogP) is 2.86. The van der Waals surface area contributed by atoms with Gasteiger partial charge in [0, 0.05) is 11.1 Å². The fraction of sp³-hybridized carbons (Fsp3) is 0.625. The van der Waals surface area contributed by atoms with E-state index in [1.165, 1.54) is 0 Å². The maximum Gasteiger partial charge on any atom is 0.164 e. The molecular weight excluding hydrogens is 290 g/mol. The SMILES string of the molecule is COc1ccc2c(c1OC)CCC(O)C2NC(C)(C)C.Cl. The molecule has 5 heteroatoms. The van der Waals surface area contributed by atoms with E-state index in [0.29, 0.717) is 0 Å². The zero-order chi connectivity index (χ0) is 14.9. The summed E-state index contributed by atoms with van der Waals surface area (Å²) in [6, 6.07) is 3.87. The van der Waals surface area contributed by atoms with Crippen molar-refractivity contribution in [3.8, 4) is 11.5 Å². The third-order valence-electron chi connectivity index (χ3n) is 3.68. The summed E-state index contributed by atoms with van der Waals surface area (Å²) in [7, 11) is 3.31. The summed E-state index contributed by atoms with van der Waals surface area (Å²) in [5.41, 5.74) is 2.18. The van der Waals surface area contributed by atoms with Crippen molar-refractivity contribution in [2.24, 2.45) is 0 Å². The Hall–Kier alpha value is -0.970. The molecule has 0 saturated heterocycles. The Morgan fingerprint density at radius 1 is 1.19 bits per heavy atom. The normalized spacial score (nSPS) is 21.2. The van der Waals surface area contributed by atoms with Crippen LogP contribution >= 0.6 is 12.4 Å². The van der Waals surface area contributed by atoms with Gasteiger partial charge in [0.15, 0.2) is 11.5 Å². The smallest absolute Gasteiger partial charge is 0.164 e. The van der Waals surface area contributed by atoms with E-state index in [1.807, 2.05) is 12.1 Å². The Kier molecular flexibility index (Phi) is 5.91. The van der Waals surface area contributed by atoms with E-state index in [0.717, 1.165) is 35.5 Å². The molecule has 0 aliphatic heterocycles. The highest BCUT2D eigenvalue weighted by atomic mass is 35.5. The Morgan fingerprint density at radius 2 is 1.86 bits per heavy atom. The molecule has 0 radical (unpaired) electrons. The first kappa shape index (κ1) is 18.1. The maximum atomic E-state index is 10.3. The van der Waals surface area contributed by atoms with Crippen LogP contribution in [0.2, 0.25) is 0 Å². The van der Waals surface area contributed by atoms with Crippen molar-refractivity contribution in [3.05, 3.63) is 23.3 Å². The number of methoxy groups -OCH3 is 2. The molecule has 1 aliphatic carbocycles. The average molecular weight is 316 g/mol. The summed E-state index contributed by atoms with van der Waals surface area (Å²) in [5.74, 6) is 1.54. The molecule has 1 aromatic carbocycles. The molecule has 0 saturated carbocycles. The molecule has 0 bridgehead atoms. The predicted molar refractivity (Wildman–Crippen MR) is 86.8 cm³/mol. The molecule has 120 valence electrons. The first-order valence-electron chi connectivity index (χ1n) is 7.07. The van der Waals surface area contributed by atoms with Gasteiger partial charge in [-0.3, -0.25) is 0 Å². The molecule has 0 amide bonds. The summed E-state index contributed by atoms with van der Waals surface area (Å²) in [6.07, 6.45) is 1.16. The van der Waals surface area contributed by atoms with Crippen LogP contribution in [0.3, 0.4) is 0 Å². The summed E-state index contributed by atoms with van der Waals surface area (Å²) in [4.78, 5) is 0. The van der Waals surface area contributed by atoms with Crippen molar-refractivity contribution < 1.29 is 14.6 Å². The number of nitrogens with one attached hydrogen (secondary N) is 1. The van der Waals surface area contributed by atoms with Crippen molar-refractivity contribution in [3.63, 3.8) is 0 Å². The lowest BCUT2D eigenvalue weighted by atomic mass is 9.83. The quantitative estimate of drug-likeness (QED) is 0.900. The maximum absolute atomic E-state index is 10.3. The molecule has 1 aliphatic rings. The first-order chi connectivity index (χ1) is 9.37. The van der Waals surface area contributed by atoms with Crippen LogP contribution in [0.4, 0.5) is 0 Å². The summed E-state index contributed by atoms with van der Waals surface area (Å²) in [5, 5.41) is 13.8. The van der Waals surface area contributed by atoms with Crippen molar-refractivity contribution in [1.82, 2.24) is 5.32 Å². The highest BCUT2D eigenvalue weighted by Crippen LogP contribution is 2.41. The van der Waals surface area contributed by atoms with Crippen LogP contribution in [0.25, 0.3) is 0 Å². The van der Waals surface area contributed by atoms with Crippen LogP contribution in [0.1, 0.15) is 44.4 Å². The molecule has 0 aromatic heterocycles. The van der Waals surface area contributed by atoms with E-state index in [9.17, 15) is 5.11 Å². The molecule has 1 aromatic rings. The van der Waals surface area contributed by atoms with E-state index >= 15 is 0 Å². The fourth-order valence-corrected chi connectivity index (χ4v) is 2.86. The van der Waals surface area contributed by atoms with Crippen LogP contribution in [-0.4, -0.2) is 31.0 Å². The fourth-order valence-electron chi connectivity index (χ4n) is 2.86. The van der Waals surface area contributed by atoms with Gasteiger partial charge in [-0.05, 0) is 45.2 Å². The van der Waals surface area contributed by atoms with Crippen LogP contribution in [-0.2, 0) is 6.42 Å². The lowest BCUT2D eigenvalue weighted by molar-refractivity contribution is 0.0960. The molecule has 21 heavy (non-hydrogen) atoms. The number of aliphatic hydroxyl groups is 1. The van der Waals surface area contributed by atoms with Gasteiger partial charge in [-0.1, -0.05) is 6.07 Å². The van der Waals surface area contributed by atoms with Crippen molar-refractivity contribution in [1.29, 1.82) is 0 Å². The van der Waals surface area contributed by atoms with Crippen LogP contribution < -0.4 is 14.8 Å². The lowest BCUT2D eigenvalue weighted by Gasteiger charge is -2.37. The largest absolute Gasteiger partial charge is 0.493 e. The molecule has 2 rings (SSSR count). The Morgan fingerprint density at radius 3 is 2.38 bits per heavy atom. The molecule has 4 nitrogen and oxygen atoms in total. The zero-order valence-corrected chi connectivity index (χ0v) is 14.2. The highest BCUT2D eigenvalue weighted by molar-refractivity contribution is 5.85. The third-order valence-corrected chi connectivity index (χ3v) is 3.68. The van der Waals surface area contributed by atoms with Crippen LogP contribution in [0.5, 0.6) is 11.5 Å². The molecule has 0 heterocycles. The van der Waals surface area contributed by atoms with Crippen molar-refractivity contribution in [2.75, 3.05) is 14.2 Å². The minimum atomic E-state index is -0.375. The molecular formula is C16H26ClNO3. The third kappa shape index (κ3) is 3.82.